The van der Waals surface area contributed by atoms with Crippen molar-refractivity contribution in [2.45, 2.75) is 24.3 Å². The lowest BCUT2D eigenvalue weighted by Crippen LogP contribution is -2.30. The number of methoxy groups -OCH3 is 1. The van der Waals surface area contributed by atoms with Crippen LogP contribution in [-0.2, 0) is 14.8 Å². The molecule has 0 amide bonds. The summed E-state index contributed by atoms with van der Waals surface area (Å²) in [7, 11) is -2.39. The van der Waals surface area contributed by atoms with Gasteiger partial charge in [-0.15, -0.1) is 0 Å². The highest BCUT2D eigenvalue weighted by Crippen LogP contribution is 2.24. The first-order valence-corrected chi connectivity index (χ1v) is 11.8. The van der Waals surface area contributed by atoms with E-state index in [4.69, 9.17) is 4.74 Å². The van der Waals surface area contributed by atoms with Crippen LogP contribution in [0.2, 0.25) is 0 Å². The first-order chi connectivity index (χ1) is 16.2. The van der Waals surface area contributed by atoms with Crippen LogP contribution in [0.15, 0.2) is 83.8 Å². The van der Waals surface area contributed by atoms with Crippen molar-refractivity contribution in [2.75, 3.05) is 7.11 Å². The molecule has 0 heterocycles. The second-order valence-electron chi connectivity index (χ2n) is 7.61. The molecule has 9 heteroatoms. The minimum atomic E-state index is -3.95. The van der Waals surface area contributed by atoms with E-state index in [1.807, 2.05) is 6.92 Å². The zero-order valence-electron chi connectivity index (χ0n) is 18.7. The molecule has 0 aliphatic carbocycles. The third-order valence-corrected chi connectivity index (χ3v) is 6.61. The summed E-state index contributed by atoms with van der Waals surface area (Å²) in [5, 5.41) is 11.0. The third-order valence-electron chi connectivity index (χ3n) is 5.12. The number of sulfonamides is 1. The highest BCUT2D eigenvalue weighted by Gasteiger charge is 2.23. The molecular weight excluding hydrogens is 456 g/mol. The van der Waals surface area contributed by atoms with Gasteiger partial charge in [-0.2, -0.15) is 0 Å². The van der Waals surface area contributed by atoms with E-state index in [1.165, 1.54) is 42.5 Å². The molecule has 0 saturated heterocycles. The van der Waals surface area contributed by atoms with Crippen molar-refractivity contribution in [2.24, 2.45) is 0 Å². The fraction of sp³-hybridized carbons (Fsp3) is 0.160. The Morgan fingerprint density at radius 3 is 2.21 bits per heavy atom. The van der Waals surface area contributed by atoms with Crippen molar-refractivity contribution >= 4 is 27.6 Å². The highest BCUT2D eigenvalue weighted by atomic mass is 32.2. The lowest BCUT2D eigenvalue weighted by atomic mass is 10.0. The Morgan fingerprint density at radius 1 is 1.03 bits per heavy atom. The van der Waals surface area contributed by atoms with Crippen molar-refractivity contribution < 1.29 is 22.9 Å². The molecule has 0 spiro atoms. The van der Waals surface area contributed by atoms with Crippen molar-refractivity contribution in [3.8, 4) is 5.75 Å². The van der Waals surface area contributed by atoms with E-state index in [1.54, 1.807) is 49.6 Å². The Hall–Kier alpha value is -3.82. The number of hydrogen-bond donors (Lipinski definition) is 1. The van der Waals surface area contributed by atoms with Crippen LogP contribution in [0.3, 0.4) is 0 Å². The van der Waals surface area contributed by atoms with Crippen LogP contribution in [-0.4, -0.2) is 26.2 Å². The molecule has 0 bridgehead atoms. The molecule has 1 unspecified atom stereocenters. The van der Waals surface area contributed by atoms with Gasteiger partial charge in [0.2, 0.25) is 10.0 Å². The standard InChI is InChI=1S/C25H24N2O6S/c1-18-3-15-24(16-4-18)34(31,32)26-25(20-8-10-21(11-9-20)27(29)30)17-22(28)12-5-19-6-13-23(33-2)14-7-19/h3-16,25-26H,17H2,1-2H3/b12-5+. The van der Waals surface area contributed by atoms with Gasteiger partial charge in [0.05, 0.1) is 23.0 Å². The first-order valence-electron chi connectivity index (χ1n) is 10.4. The van der Waals surface area contributed by atoms with Gasteiger partial charge in [0.25, 0.3) is 5.69 Å². The van der Waals surface area contributed by atoms with Crippen LogP contribution in [0.5, 0.6) is 5.75 Å². The minimum Gasteiger partial charge on any atom is -0.497 e. The van der Waals surface area contributed by atoms with Crippen molar-refractivity contribution in [3.05, 3.63) is 106 Å². The predicted molar refractivity (Wildman–Crippen MR) is 129 cm³/mol. The smallest absolute Gasteiger partial charge is 0.269 e. The molecular formula is C25H24N2O6S. The zero-order chi connectivity index (χ0) is 24.7. The molecule has 8 nitrogen and oxygen atoms in total. The van der Waals surface area contributed by atoms with Crippen LogP contribution in [0.25, 0.3) is 6.08 Å². The fourth-order valence-corrected chi connectivity index (χ4v) is 4.43. The number of nitro groups is 1. The van der Waals surface area contributed by atoms with Crippen LogP contribution in [0.1, 0.15) is 29.2 Å². The Balaban J connectivity index is 1.84. The van der Waals surface area contributed by atoms with Crippen LogP contribution in [0.4, 0.5) is 5.69 Å². The Labute approximate surface area is 198 Å². The molecule has 3 aromatic rings. The normalized spacial score (nSPS) is 12.4. The zero-order valence-corrected chi connectivity index (χ0v) is 19.5. The van der Waals surface area contributed by atoms with Gasteiger partial charge in [-0.1, -0.05) is 48.0 Å². The summed E-state index contributed by atoms with van der Waals surface area (Å²) in [6.07, 6.45) is 2.83. The molecule has 3 rings (SSSR count). The van der Waals surface area contributed by atoms with E-state index in [9.17, 15) is 23.3 Å². The van der Waals surface area contributed by atoms with Gasteiger partial charge < -0.3 is 4.74 Å². The van der Waals surface area contributed by atoms with E-state index < -0.39 is 21.0 Å². The summed E-state index contributed by atoms with van der Waals surface area (Å²) >= 11 is 0. The van der Waals surface area contributed by atoms with Gasteiger partial charge >= 0.3 is 0 Å². The van der Waals surface area contributed by atoms with Crippen LogP contribution < -0.4 is 9.46 Å². The number of non-ortho nitro benzene ring substituents is 1. The summed E-state index contributed by atoms with van der Waals surface area (Å²) in [6, 6.07) is 18.0. The monoisotopic (exact) mass is 480 g/mol. The molecule has 0 saturated carbocycles. The molecule has 0 radical (unpaired) electrons. The van der Waals surface area contributed by atoms with Crippen molar-refractivity contribution in [3.63, 3.8) is 0 Å². The van der Waals surface area contributed by atoms with E-state index in [-0.39, 0.29) is 22.8 Å². The van der Waals surface area contributed by atoms with Gasteiger partial charge in [-0.25, -0.2) is 13.1 Å². The predicted octanol–water partition coefficient (Wildman–Crippen LogP) is 4.60. The number of carbonyl (C=O) groups is 1. The second kappa shape index (κ2) is 10.9. The lowest BCUT2D eigenvalue weighted by molar-refractivity contribution is -0.384. The maximum Gasteiger partial charge on any atom is 0.269 e. The number of nitrogens with one attached hydrogen (secondary N) is 1. The maximum atomic E-state index is 13.0. The number of aryl methyl sites for hydroxylation is 1. The van der Waals surface area contributed by atoms with Gasteiger partial charge in [-0.3, -0.25) is 14.9 Å². The van der Waals surface area contributed by atoms with Gasteiger partial charge in [0.1, 0.15) is 5.75 Å². The molecule has 0 aromatic heterocycles. The molecule has 0 fully saturated rings. The summed E-state index contributed by atoms with van der Waals surface area (Å²) in [5.74, 6) is 0.373. The molecule has 0 aliphatic heterocycles. The summed E-state index contributed by atoms with van der Waals surface area (Å²) in [4.78, 5) is 23.2. The number of ketones is 1. The molecule has 176 valence electrons. The highest BCUT2D eigenvalue weighted by molar-refractivity contribution is 7.89. The largest absolute Gasteiger partial charge is 0.497 e. The third kappa shape index (κ3) is 6.60. The van der Waals surface area contributed by atoms with Crippen molar-refractivity contribution in [1.82, 2.24) is 4.72 Å². The number of rotatable bonds is 10. The number of benzene rings is 3. The van der Waals surface area contributed by atoms with E-state index >= 15 is 0 Å². The Morgan fingerprint density at radius 2 is 1.65 bits per heavy atom. The van der Waals surface area contributed by atoms with E-state index in [0.29, 0.717) is 11.3 Å². The maximum absolute atomic E-state index is 13.0. The average Bonchev–Trinajstić information content (AvgIpc) is 2.83. The summed E-state index contributed by atoms with van der Waals surface area (Å²) < 4.78 is 33.6. The summed E-state index contributed by atoms with van der Waals surface area (Å²) in [5.41, 5.74) is 1.99. The number of carbonyl (C=O) groups excluding carboxylic acids is 1. The molecule has 1 atom stereocenters. The SMILES string of the molecule is COc1ccc(/C=C/C(=O)CC(NS(=O)(=O)c2ccc(C)cc2)c2ccc([N+](=O)[O-])cc2)cc1. The van der Waals surface area contributed by atoms with Gasteiger partial charge in [0, 0.05) is 18.6 Å². The molecule has 34 heavy (non-hydrogen) atoms. The number of nitro benzene ring substituents is 1. The van der Waals surface area contributed by atoms with Crippen LogP contribution >= 0.6 is 0 Å². The quantitative estimate of drug-likeness (QED) is 0.257. The number of allylic oxidation sites excluding steroid dienone is 1. The van der Waals surface area contributed by atoms with E-state index in [0.717, 1.165) is 11.1 Å². The van der Waals surface area contributed by atoms with Gasteiger partial charge in [-0.05, 0) is 48.4 Å². The number of ether oxygens (including phenoxy) is 1. The van der Waals surface area contributed by atoms with Crippen molar-refractivity contribution in [1.29, 1.82) is 0 Å². The first kappa shape index (κ1) is 24.8. The van der Waals surface area contributed by atoms with Crippen LogP contribution in [0, 0.1) is 17.0 Å². The second-order valence-corrected chi connectivity index (χ2v) is 9.33. The Bertz CT molecular complexity index is 1280. The lowest BCUT2D eigenvalue weighted by Gasteiger charge is -2.18. The van der Waals surface area contributed by atoms with Gasteiger partial charge in [0.15, 0.2) is 5.78 Å². The number of nitrogens with zero attached hydrogens (tertiary/aromatic N) is 1. The molecule has 1 N–H and O–H groups in total. The fourth-order valence-electron chi connectivity index (χ4n) is 3.20. The van der Waals surface area contributed by atoms with E-state index in [2.05, 4.69) is 4.72 Å². The topological polar surface area (TPSA) is 116 Å². The minimum absolute atomic E-state index is 0.0613. The Kier molecular flexibility index (Phi) is 7.93. The molecule has 3 aromatic carbocycles. The number of hydrogen-bond acceptors (Lipinski definition) is 6. The summed E-state index contributed by atoms with van der Waals surface area (Å²) in [6.45, 7) is 1.84. The molecule has 0 aliphatic rings. The average molecular weight is 481 g/mol.